The summed E-state index contributed by atoms with van der Waals surface area (Å²) in [4.78, 5) is 12.9. The van der Waals surface area contributed by atoms with Crippen LogP contribution in [-0.2, 0) is 29.5 Å². The average molecular weight is 695 g/mol. The second-order valence-corrected chi connectivity index (χ2v) is 14.8. The van der Waals surface area contributed by atoms with Gasteiger partial charge >= 0.3 is 5.97 Å². The molecule has 47 heavy (non-hydrogen) atoms. The van der Waals surface area contributed by atoms with Gasteiger partial charge in [-0.25, -0.2) is 25.6 Å². The molecule has 0 aliphatic carbocycles. The molecule has 6 rings (SSSR count). The van der Waals surface area contributed by atoms with Gasteiger partial charge in [0.15, 0.2) is 5.69 Å². The van der Waals surface area contributed by atoms with Gasteiger partial charge in [0.05, 0.1) is 23.6 Å². The summed E-state index contributed by atoms with van der Waals surface area (Å²) in [6.07, 6.45) is -0.657. The number of carbonyl (C=O) groups is 1. The molecule has 1 fully saturated rings. The Morgan fingerprint density at radius 1 is 0.872 bits per heavy atom. The molecule has 0 bridgehead atoms. The normalized spacial score (nSPS) is 15.8. The second-order valence-electron chi connectivity index (χ2n) is 10.7. The van der Waals surface area contributed by atoms with Crippen molar-refractivity contribution in [3.05, 3.63) is 114 Å². The Morgan fingerprint density at radius 3 is 2.30 bits per heavy atom. The van der Waals surface area contributed by atoms with E-state index in [1.165, 1.54) is 46.8 Å². The Bertz CT molecular complexity index is 2140. The second kappa shape index (κ2) is 13.5. The molecule has 244 valence electrons. The molecule has 1 aliphatic heterocycles. The van der Waals surface area contributed by atoms with Gasteiger partial charge in [-0.05, 0) is 60.5 Å². The van der Waals surface area contributed by atoms with Crippen LogP contribution in [-0.4, -0.2) is 70.1 Å². The van der Waals surface area contributed by atoms with E-state index in [0.29, 0.717) is 5.75 Å². The number of nitrogens with zero attached hydrogens (tertiary/aromatic N) is 2. The minimum Gasteiger partial charge on any atom is -0.491 e. The van der Waals surface area contributed by atoms with Crippen LogP contribution in [0.25, 0.3) is 22.0 Å². The summed E-state index contributed by atoms with van der Waals surface area (Å²) in [6, 6.07) is 28.9. The zero-order chi connectivity index (χ0) is 33.2. The Kier molecular flexibility index (Phi) is 9.40. The van der Waals surface area contributed by atoms with Crippen LogP contribution in [0.1, 0.15) is 17.4 Å². The maximum Gasteiger partial charge on any atom is 0.357 e. The van der Waals surface area contributed by atoms with Crippen molar-refractivity contribution in [1.29, 1.82) is 0 Å². The SMILES string of the molecule is CCOC(=O)c1c(S(=O)(=O)N2CCOC(COc3cccc(-c4ccccc4)c3)C2)c2cc(Cl)ccc2n1S(=O)(=O)c1ccccc1. The topological polar surface area (TPSA) is 121 Å². The van der Waals surface area contributed by atoms with Gasteiger partial charge in [0.25, 0.3) is 10.0 Å². The highest BCUT2D eigenvalue weighted by Gasteiger charge is 2.41. The van der Waals surface area contributed by atoms with Crippen LogP contribution in [0.5, 0.6) is 5.75 Å². The molecule has 0 radical (unpaired) electrons. The third-order valence-corrected chi connectivity index (χ3v) is 11.6. The maximum absolute atomic E-state index is 14.5. The quantitative estimate of drug-likeness (QED) is 0.167. The number of aromatic nitrogens is 1. The Morgan fingerprint density at radius 2 is 1.57 bits per heavy atom. The molecule has 2 heterocycles. The van der Waals surface area contributed by atoms with Crippen LogP contribution in [0.15, 0.2) is 113 Å². The third-order valence-electron chi connectivity index (χ3n) is 7.67. The molecule has 0 saturated carbocycles. The minimum atomic E-state index is -4.53. The molecule has 4 aromatic carbocycles. The number of esters is 1. The van der Waals surface area contributed by atoms with Crippen molar-refractivity contribution in [3.63, 3.8) is 0 Å². The van der Waals surface area contributed by atoms with Gasteiger partial charge in [-0.2, -0.15) is 4.31 Å². The number of ether oxygens (including phenoxy) is 3. The monoisotopic (exact) mass is 694 g/mol. The van der Waals surface area contributed by atoms with Crippen molar-refractivity contribution in [2.45, 2.75) is 22.8 Å². The molecule has 0 amide bonds. The fourth-order valence-corrected chi connectivity index (χ4v) is 9.08. The summed E-state index contributed by atoms with van der Waals surface area (Å²) in [5, 5.41) is 0.127. The van der Waals surface area contributed by atoms with E-state index in [-0.39, 0.29) is 53.7 Å². The number of carbonyl (C=O) groups excluding carboxylic acids is 1. The third kappa shape index (κ3) is 6.52. The first kappa shape index (κ1) is 32.7. The van der Waals surface area contributed by atoms with Gasteiger partial charge in [0.1, 0.15) is 23.4 Å². The molecule has 1 aliphatic rings. The first-order valence-corrected chi connectivity index (χ1v) is 18.1. The summed E-state index contributed by atoms with van der Waals surface area (Å²) in [5.74, 6) is -0.521. The molecular weight excluding hydrogens is 664 g/mol. The highest BCUT2D eigenvalue weighted by Crippen LogP contribution is 2.37. The standard InChI is InChI=1S/C34H31ClN2O8S2/c1-2-43-34(38)32-33(30-21-26(35)16-17-31(30)37(32)46(39,40)29-14-7-4-8-15-29)47(41,42)36-18-19-44-28(22-36)23-45-27-13-9-12-25(20-27)24-10-5-3-6-11-24/h3-17,20-21,28H,2,18-19,22-23H2,1H3. The maximum atomic E-state index is 14.5. The molecule has 0 spiro atoms. The summed E-state index contributed by atoms with van der Waals surface area (Å²) in [5.41, 5.74) is 1.32. The molecule has 10 nitrogen and oxygen atoms in total. The summed E-state index contributed by atoms with van der Waals surface area (Å²) in [7, 11) is -9.00. The fourth-order valence-electron chi connectivity index (χ4n) is 5.52. The number of fused-ring (bicyclic) bond motifs is 1. The van der Waals surface area contributed by atoms with E-state index in [1.807, 2.05) is 48.5 Å². The zero-order valence-corrected chi connectivity index (χ0v) is 27.7. The number of morpholine rings is 1. The lowest BCUT2D eigenvalue weighted by atomic mass is 10.1. The van der Waals surface area contributed by atoms with Crippen molar-refractivity contribution in [3.8, 4) is 16.9 Å². The van der Waals surface area contributed by atoms with Crippen molar-refractivity contribution in [2.24, 2.45) is 0 Å². The van der Waals surface area contributed by atoms with Crippen LogP contribution < -0.4 is 4.74 Å². The Labute approximate surface area is 278 Å². The van der Waals surface area contributed by atoms with Gasteiger partial charge in [0, 0.05) is 23.5 Å². The zero-order valence-electron chi connectivity index (χ0n) is 25.3. The summed E-state index contributed by atoms with van der Waals surface area (Å²) < 4.78 is 76.2. The predicted molar refractivity (Wildman–Crippen MR) is 178 cm³/mol. The van der Waals surface area contributed by atoms with Crippen LogP contribution >= 0.6 is 11.6 Å². The molecule has 1 atom stereocenters. The number of hydrogen-bond acceptors (Lipinski definition) is 8. The number of hydrogen-bond donors (Lipinski definition) is 0. The molecule has 1 aromatic heterocycles. The van der Waals surface area contributed by atoms with E-state index in [0.717, 1.165) is 15.1 Å². The van der Waals surface area contributed by atoms with Crippen molar-refractivity contribution >= 4 is 48.5 Å². The first-order valence-electron chi connectivity index (χ1n) is 14.8. The lowest BCUT2D eigenvalue weighted by molar-refractivity contribution is -0.0249. The fraction of sp³-hybridized carbons (Fsp3) is 0.206. The first-order chi connectivity index (χ1) is 22.6. The largest absolute Gasteiger partial charge is 0.491 e. The Balaban J connectivity index is 1.37. The van der Waals surface area contributed by atoms with E-state index >= 15 is 0 Å². The van der Waals surface area contributed by atoms with Crippen LogP contribution in [0.4, 0.5) is 0 Å². The lowest BCUT2D eigenvalue weighted by Crippen LogP contribution is -2.47. The van der Waals surface area contributed by atoms with E-state index in [9.17, 15) is 21.6 Å². The molecule has 1 saturated heterocycles. The molecule has 1 unspecified atom stereocenters. The molecular formula is C34H31ClN2O8S2. The number of benzene rings is 4. The van der Waals surface area contributed by atoms with Crippen molar-refractivity contribution in [1.82, 2.24) is 8.28 Å². The highest BCUT2D eigenvalue weighted by molar-refractivity contribution is 7.91. The molecule has 5 aromatic rings. The summed E-state index contributed by atoms with van der Waals surface area (Å²) >= 11 is 6.31. The van der Waals surface area contributed by atoms with Crippen molar-refractivity contribution in [2.75, 3.05) is 32.9 Å². The smallest absolute Gasteiger partial charge is 0.357 e. The predicted octanol–water partition coefficient (Wildman–Crippen LogP) is 5.84. The van der Waals surface area contributed by atoms with Gasteiger partial charge in [0.2, 0.25) is 10.0 Å². The number of rotatable bonds is 10. The van der Waals surface area contributed by atoms with Crippen LogP contribution in [0, 0.1) is 0 Å². The van der Waals surface area contributed by atoms with Crippen LogP contribution in [0.2, 0.25) is 5.02 Å². The Hall–Kier alpha value is -4.20. The van der Waals surface area contributed by atoms with E-state index in [4.69, 9.17) is 25.8 Å². The van der Waals surface area contributed by atoms with Gasteiger partial charge in [-0.1, -0.05) is 72.3 Å². The van der Waals surface area contributed by atoms with E-state index in [2.05, 4.69) is 0 Å². The lowest BCUT2D eigenvalue weighted by Gasteiger charge is -2.32. The average Bonchev–Trinajstić information content (AvgIpc) is 3.45. The van der Waals surface area contributed by atoms with E-state index in [1.54, 1.807) is 19.1 Å². The van der Waals surface area contributed by atoms with Crippen molar-refractivity contribution < 1.29 is 35.8 Å². The van der Waals surface area contributed by atoms with Crippen LogP contribution in [0.3, 0.4) is 0 Å². The number of halogens is 1. The summed E-state index contributed by atoms with van der Waals surface area (Å²) in [6.45, 7) is 1.38. The molecule has 0 N–H and O–H groups in total. The molecule has 13 heteroatoms. The van der Waals surface area contributed by atoms with Gasteiger partial charge < -0.3 is 14.2 Å². The number of sulfonamides is 1. The minimum absolute atomic E-state index is 0.0305. The van der Waals surface area contributed by atoms with Gasteiger partial charge in [-0.3, -0.25) is 0 Å². The van der Waals surface area contributed by atoms with Gasteiger partial charge in [-0.15, -0.1) is 0 Å². The van der Waals surface area contributed by atoms with E-state index < -0.39 is 42.7 Å². The highest BCUT2D eigenvalue weighted by atomic mass is 35.5.